The summed E-state index contributed by atoms with van der Waals surface area (Å²) in [6.45, 7) is 1.93. The number of anilines is 1. The van der Waals surface area contributed by atoms with Crippen molar-refractivity contribution < 1.29 is 9.18 Å². The van der Waals surface area contributed by atoms with Gasteiger partial charge in [0.05, 0.1) is 16.7 Å². The van der Waals surface area contributed by atoms with Crippen LogP contribution >= 0.6 is 15.9 Å². The minimum absolute atomic E-state index is 0.0852. The van der Waals surface area contributed by atoms with Gasteiger partial charge >= 0.3 is 0 Å². The van der Waals surface area contributed by atoms with Crippen LogP contribution in [0.4, 0.5) is 10.1 Å². The van der Waals surface area contributed by atoms with E-state index in [1.807, 2.05) is 31.2 Å². The molecule has 0 aliphatic heterocycles. The monoisotopic (exact) mass is 361 g/mol. The Labute approximate surface area is 135 Å². The Hall–Kier alpha value is -2.21. The summed E-state index contributed by atoms with van der Waals surface area (Å²) in [6.07, 6.45) is 0. The van der Waals surface area contributed by atoms with E-state index in [1.54, 1.807) is 10.6 Å². The molecule has 2 aromatic carbocycles. The molecule has 0 atom stereocenters. The summed E-state index contributed by atoms with van der Waals surface area (Å²) in [6, 6.07) is 12.1. The molecule has 0 aliphatic carbocycles. The highest BCUT2D eigenvalue weighted by molar-refractivity contribution is 9.10. The molecular formula is C16H13BrFN3O. The molecule has 6 heteroatoms. The first kappa shape index (κ1) is 14.7. The molecule has 3 aromatic rings. The predicted octanol–water partition coefficient (Wildman–Crippen LogP) is 3.89. The van der Waals surface area contributed by atoms with Crippen LogP contribution < -0.4 is 5.32 Å². The third-order valence-corrected chi connectivity index (χ3v) is 3.85. The van der Waals surface area contributed by atoms with Crippen molar-refractivity contribution >= 4 is 38.6 Å². The van der Waals surface area contributed by atoms with Crippen LogP contribution in [0.5, 0.6) is 0 Å². The summed E-state index contributed by atoms with van der Waals surface area (Å²) in [4.78, 5) is 16.6. The number of aromatic nitrogens is 2. The van der Waals surface area contributed by atoms with Gasteiger partial charge in [-0.1, -0.05) is 28.1 Å². The minimum atomic E-state index is -0.477. The standard InChI is InChI=1S/C16H13BrFN3O/c1-10-19-14-4-2-3-5-15(14)21(10)9-16(22)20-13-7-6-11(17)8-12(13)18/h2-8H,9H2,1H3,(H,20,22). The fraction of sp³-hybridized carbons (Fsp3) is 0.125. The highest BCUT2D eigenvalue weighted by atomic mass is 79.9. The first-order valence-electron chi connectivity index (χ1n) is 6.71. The third-order valence-electron chi connectivity index (χ3n) is 3.35. The molecule has 0 radical (unpaired) electrons. The number of hydrogen-bond acceptors (Lipinski definition) is 2. The number of rotatable bonds is 3. The van der Waals surface area contributed by atoms with Crippen LogP contribution in [0.25, 0.3) is 11.0 Å². The average molecular weight is 362 g/mol. The zero-order valence-electron chi connectivity index (χ0n) is 11.8. The number of benzene rings is 2. The van der Waals surface area contributed by atoms with Gasteiger partial charge in [0.1, 0.15) is 18.2 Å². The van der Waals surface area contributed by atoms with Crippen molar-refractivity contribution in [1.82, 2.24) is 9.55 Å². The van der Waals surface area contributed by atoms with E-state index >= 15 is 0 Å². The average Bonchev–Trinajstić information content (AvgIpc) is 2.78. The van der Waals surface area contributed by atoms with Crippen LogP contribution in [0, 0.1) is 12.7 Å². The molecule has 0 unspecified atom stereocenters. The van der Waals surface area contributed by atoms with Crippen molar-refractivity contribution in [2.75, 3.05) is 5.32 Å². The van der Waals surface area contributed by atoms with Gasteiger partial charge in [-0.25, -0.2) is 9.37 Å². The van der Waals surface area contributed by atoms with E-state index in [-0.39, 0.29) is 18.1 Å². The normalized spacial score (nSPS) is 10.9. The summed E-state index contributed by atoms with van der Waals surface area (Å²) in [5.41, 5.74) is 1.88. The number of para-hydroxylation sites is 2. The Kier molecular flexibility index (Phi) is 3.94. The van der Waals surface area contributed by atoms with Crippen molar-refractivity contribution in [2.45, 2.75) is 13.5 Å². The van der Waals surface area contributed by atoms with Gasteiger partial charge in [-0.2, -0.15) is 0 Å². The second-order valence-electron chi connectivity index (χ2n) is 4.91. The maximum atomic E-state index is 13.8. The van der Waals surface area contributed by atoms with Crippen LogP contribution in [0.2, 0.25) is 0 Å². The van der Waals surface area contributed by atoms with Crippen LogP contribution in [-0.4, -0.2) is 15.5 Å². The molecule has 112 valence electrons. The highest BCUT2D eigenvalue weighted by Crippen LogP contribution is 2.20. The lowest BCUT2D eigenvalue weighted by Gasteiger charge is -2.09. The van der Waals surface area contributed by atoms with Crippen molar-refractivity contribution in [3.63, 3.8) is 0 Å². The smallest absolute Gasteiger partial charge is 0.244 e. The lowest BCUT2D eigenvalue weighted by atomic mass is 10.3. The quantitative estimate of drug-likeness (QED) is 0.769. The molecule has 0 aliphatic rings. The highest BCUT2D eigenvalue weighted by Gasteiger charge is 2.12. The van der Waals surface area contributed by atoms with E-state index < -0.39 is 5.82 Å². The number of fused-ring (bicyclic) bond motifs is 1. The molecule has 1 aromatic heterocycles. The van der Waals surface area contributed by atoms with Crippen LogP contribution in [0.15, 0.2) is 46.9 Å². The lowest BCUT2D eigenvalue weighted by molar-refractivity contribution is -0.116. The number of nitrogens with zero attached hydrogens (tertiary/aromatic N) is 2. The number of imidazole rings is 1. The number of amides is 1. The largest absolute Gasteiger partial charge is 0.322 e. The molecule has 0 fully saturated rings. The summed E-state index contributed by atoms with van der Waals surface area (Å²) in [5, 5.41) is 2.58. The number of nitrogens with one attached hydrogen (secondary N) is 1. The maximum Gasteiger partial charge on any atom is 0.244 e. The van der Waals surface area contributed by atoms with Gasteiger partial charge in [-0.15, -0.1) is 0 Å². The Morgan fingerprint density at radius 2 is 2.09 bits per heavy atom. The summed E-state index contributed by atoms with van der Waals surface area (Å²) in [7, 11) is 0. The number of carbonyl (C=O) groups excluding carboxylic acids is 1. The number of carbonyl (C=O) groups is 1. The molecule has 3 rings (SSSR count). The predicted molar refractivity (Wildman–Crippen MR) is 87.2 cm³/mol. The number of hydrogen-bond donors (Lipinski definition) is 1. The molecule has 1 N–H and O–H groups in total. The maximum absolute atomic E-state index is 13.8. The Morgan fingerprint density at radius 3 is 2.86 bits per heavy atom. The zero-order chi connectivity index (χ0) is 15.7. The fourth-order valence-electron chi connectivity index (χ4n) is 2.32. The van der Waals surface area contributed by atoms with Crippen LogP contribution in [-0.2, 0) is 11.3 Å². The van der Waals surface area contributed by atoms with Gasteiger partial charge in [0.15, 0.2) is 0 Å². The number of aryl methyl sites for hydroxylation is 1. The second-order valence-corrected chi connectivity index (χ2v) is 5.82. The van der Waals surface area contributed by atoms with E-state index in [0.29, 0.717) is 4.47 Å². The van der Waals surface area contributed by atoms with Gasteiger partial charge in [-0.3, -0.25) is 4.79 Å². The molecule has 1 heterocycles. The van der Waals surface area contributed by atoms with E-state index in [1.165, 1.54) is 12.1 Å². The Balaban J connectivity index is 1.83. The van der Waals surface area contributed by atoms with E-state index in [4.69, 9.17) is 0 Å². The fourth-order valence-corrected chi connectivity index (χ4v) is 2.65. The first-order chi connectivity index (χ1) is 10.5. The zero-order valence-corrected chi connectivity index (χ0v) is 13.4. The van der Waals surface area contributed by atoms with Crippen molar-refractivity contribution in [2.24, 2.45) is 0 Å². The van der Waals surface area contributed by atoms with E-state index in [9.17, 15) is 9.18 Å². The summed E-state index contributed by atoms with van der Waals surface area (Å²) >= 11 is 3.18. The van der Waals surface area contributed by atoms with Gasteiger partial charge < -0.3 is 9.88 Å². The summed E-state index contributed by atoms with van der Waals surface area (Å²) in [5.74, 6) is -0.0324. The Morgan fingerprint density at radius 1 is 1.32 bits per heavy atom. The molecule has 0 spiro atoms. The van der Waals surface area contributed by atoms with E-state index in [0.717, 1.165) is 16.9 Å². The second kappa shape index (κ2) is 5.88. The van der Waals surface area contributed by atoms with Crippen LogP contribution in [0.3, 0.4) is 0 Å². The van der Waals surface area contributed by atoms with Gasteiger partial charge in [0, 0.05) is 4.47 Å². The topological polar surface area (TPSA) is 46.9 Å². The van der Waals surface area contributed by atoms with Crippen molar-refractivity contribution in [3.8, 4) is 0 Å². The molecule has 4 nitrogen and oxygen atoms in total. The van der Waals surface area contributed by atoms with Gasteiger partial charge in [0.25, 0.3) is 0 Å². The lowest BCUT2D eigenvalue weighted by Crippen LogP contribution is -2.20. The van der Waals surface area contributed by atoms with Crippen molar-refractivity contribution in [3.05, 3.63) is 58.6 Å². The third kappa shape index (κ3) is 2.87. The van der Waals surface area contributed by atoms with Crippen molar-refractivity contribution in [1.29, 1.82) is 0 Å². The molecule has 1 amide bonds. The van der Waals surface area contributed by atoms with Gasteiger partial charge in [0.2, 0.25) is 5.91 Å². The Bertz CT molecular complexity index is 860. The molecule has 0 bridgehead atoms. The van der Waals surface area contributed by atoms with E-state index in [2.05, 4.69) is 26.2 Å². The SMILES string of the molecule is Cc1nc2ccccc2n1CC(=O)Nc1ccc(Br)cc1F. The molecule has 0 saturated heterocycles. The summed E-state index contributed by atoms with van der Waals surface area (Å²) < 4.78 is 16.2. The minimum Gasteiger partial charge on any atom is -0.322 e. The van der Waals surface area contributed by atoms with Gasteiger partial charge in [-0.05, 0) is 37.3 Å². The molecular weight excluding hydrogens is 349 g/mol. The van der Waals surface area contributed by atoms with Crippen LogP contribution in [0.1, 0.15) is 5.82 Å². The molecule has 0 saturated carbocycles. The molecule has 22 heavy (non-hydrogen) atoms. The first-order valence-corrected chi connectivity index (χ1v) is 7.50. The number of halogens is 2.